The number of hydrogen-bond donors (Lipinski definition) is 12. The molecule has 7 fully saturated rings. The van der Waals surface area contributed by atoms with E-state index in [0.29, 0.717) is 61.1 Å². The lowest BCUT2D eigenvalue weighted by Crippen LogP contribution is -2.69. The molecule has 1 spiro atoms. The Morgan fingerprint density at radius 2 is 1.58 bits per heavy atom. The molecule has 5 aliphatic carbocycles. The number of nitrogens with two attached hydrogens (primary N) is 1. The topological polar surface area (TPSA) is 410 Å². The summed E-state index contributed by atoms with van der Waals surface area (Å²) in [5, 5.41) is 78.7. The number of methoxy groups -OCH3 is 1. The number of aromatic nitrogens is 1. The van der Waals surface area contributed by atoms with Gasteiger partial charge in [-0.2, -0.15) is 0 Å². The number of anilines is 1. The van der Waals surface area contributed by atoms with Crippen LogP contribution in [0.2, 0.25) is 10.0 Å². The highest BCUT2D eigenvalue weighted by atomic mass is 35.5. The Morgan fingerprint density at radius 1 is 0.937 bits per heavy atom. The van der Waals surface area contributed by atoms with Crippen LogP contribution in [-0.4, -0.2) is 182 Å². The number of aryl methyl sites for hydroxylation is 1. The molecule has 3 aliphatic heterocycles. The van der Waals surface area contributed by atoms with Gasteiger partial charge < -0.3 is 64.7 Å². The number of fused-ring (bicyclic) bond motifs is 5. The number of benzene rings is 2. The van der Waals surface area contributed by atoms with E-state index < -0.39 is 70.0 Å². The van der Waals surface area contributed by atoms with Crippen LogP contribution in [0.25, 0.3) is 0 Å². The van der Waals surface area contributed by atoms with Crippen molar-refractivity contribution in [2.24, 2.45) is 34.3 Å². The van der Waals surface area contributed by atoms with E-state index in [2.05, 4.69) is 40.9 Å². The molecule has 26 nitrogen and oxygen atoms in total. The third-order valence-electron chi connectivity index (χ3n) is 19.6. The number of epoxide rings is 2. The highest BCUT2D eigenvalue weighted by Gasteiger charge is 2.81. The minimum atomic E-state index is -1.54. The minimum Gasteiger partial charge on any atom is -0.428 e. The first-order valence-electron chi connectivity index (χ1n) is 31.3. The maximum atomic E-state index is 12.4. The predicted octanol–water partition coefficient (Wildman–Crippen LogP) is 5.94. The number of guanidine groups is 2. The number of aliphatic hydroxyl groups excluding tert-OH is 4. The maximum absolute atomic E-state index is 12.4. The van der Waals surface area contributed by atoms with Crippen molar-refractivity contribution in [3.05, 3.63) is 118 Å². The Hall–Kier alpha value is -6.79. The summed E-state index contributed by atoms with van der Waals surface area (Å²) in [7, 11) is 4.85. The summed E-state index contributed by atoms with van der Waals surface area (Å²) in [4.78, 5) is 74.3. The van der Waals surface area contributed by atoms with Crippen LogP contribution in [0.5, 0.6) is 0 Å². The maximum Gasteiger partial charge on any atom is 0.422 e. The van der Waals surface area contributed by atoms with Crippen LogP contribution in [0.15, 0.2) is 95.1 Å². The van der Waals surface area contributed by atoms with Crippen molar-refractivity contribution in [1.82, 2.24) is 26.2 Å². The van der Waals surface area contributed by atoms with E-state index in [1.54, 1.807) is 33.2 Å². The smallest absolute Gasteiger partial charge is 0.422 e. The second-order valence-electron chi connectivity index (χ2n) is 26.2. The quantitative estimate of drug-likeness (QED) is 0.0310. The van der Waals surface area contributed by atoms with Crippen LogP contribution in [-0.2, 0) is 44.7 Å². The van der Waals surface area contributed by atoms with Crippen molar-refractivity contribution in [1.29, 1.82) is 10.8 Å². The first-order valence-corrected chi connectivity index (χ1v) is 32.1. The molecule has 1 unspecified atom stereocenters. The molecule has 28 heteroatoms. The summed E-state index contributed by atoms with van der Waals surface area (Å²) in [5.41, 5.74) is 7.66. The van der Waals surface area contributed by atoms with Gasteiger partial charge in [-0.05, 0) is 145 Å². The molecule has 0 bridgehead atoms. The first kappa shape index (κ1) is 77.2. The highest BCUT2D eigenvalue weighted by Crippen LogP contribution is 2.68. The number of carbonyl (C=O) groups is 6. The van der Waals surface area contributed by atoms with Gasteiger partial charge in [-0.3, -0.25) is 45.5 Å². The van der Waals surface area contributed by atoms with Crippen molar-refractivity contribution < 1.29 is 82.9 Å². The summed E-state index contributed by atoms with van der Waals surface area (Å²) >= 11 is 11.7. The largest absolute Gasteiger partial charge is 0.428 e. The molecule has 13 atom stereocenters. The number of halogens is 2. The third-order valence-corrected chi connectivity index (χ3v) is 20.0. The lowest BCUT2D eigenvalue weighted by molar-refractivity contribution is -0.193. The van der Waals surface area contributed by atoms with Crippen molar-refractivity contribution in [3.63, 3.8) is 0 Å². The zero-order valence-corrected chi connectivity index (χ0v) is 57.1. The normalized spacial score (nSPS) is 31.8. The molecule has 95 heavy (non-hydrogen) atoms. The Labute approximate surface area is 563 Å². The van der Waals surface area contributed by atoms with E-state index in [0.717, 1.165) is 42.6 Å². The summed E-state index contributed by atoms with van der Waals surface area (Å²) in [6.45, 7) is 16.8. The Kier molecular flexibility index (Phi) is 25.7. The molecule has 3 amide bonds. The Balaban J connectivity index is 0.000000191. The fraction of sp³-hybridized carbons (Fsp3) is 0.567. The van der Waals surface area contributed by atoms with Gasteiger partial charge in [0.1, 0.15) is 35.3 Å². The molecule has 2 aromatic carbocycles. The zero-order valence-electron chi connectivity index (χ0n) is 55.6. The van der Waals surface area contributed by atoms with E-state index in [1.165, 1.54) is 54.4 Å². The number of ketones is 3. The number of nitrogens with zero attached hydrogens (tertiary/aromatic N) is 3. The number of Topliss-reactive ketones (excluding diaryl/α,β-unsaturated/α-hetero) is 2. The zero-order chi connectivity index (χ0) is 70.8. The van der Waals surface area contributed by atoms with Crippen LogP contribution in [0, 0.1) is 46.3 Å². The summed E-state index contributed by atoms with van der Waals surface area (Å²) < 4.78 is 26.6. The number of rotatable bonds is 13. The molecule has 13 N–H and O–H groups in total. The van der Waals surface area contributed by atoms with Gasteiger partial charge in [0.2, 0.25) is 5.60 Å². The van der Waals surface area contributed by atoms with Crippen LogP contribution in [0.3, 0.4) is 0 Å². The number of nitrogens with one attached hydrogen (secondary N) is 5. The second kappa shape index (κ2) is 31.6. The van der Waals surface area contributed by atoms with Gasteiger partial charge in [-0.25, -0.2) is 15.1 Å². The van der Waals surface area contributed by atoms with Crippen molar-refractivity contribution >= 4 is 76.1 Å². The molecule has 3 aromatic rings. The first-order chi connectivity index (χ1) is 44.6. The average molecular weight is 1370 g/mol. The van der Waals surface area contributed by atoms with E-state index in [1.807, 2.05) is 58.0 Å². The SMILES string of the molecule is C=CC1(C)OC(=O)N(c2cc(Cl)cc(Cl)c2)C1=O.CN(C)C(=N)NC(=N)N.CO[C@@H]1C(=O)CC[C@]2(CO2)[C@@]1(O)[C@]1(C)O[C@@H]1CC=C(C)C.C[C@]12CCC(=O)C=C1CC[C@@H]1[C@@H]2[C@@H](O)C[C@@]2(C)[C@H]1CC[C@]2(O)C(=O)CO.Cc1cc(C(=O)NNCc2ccccc2)no1.OCCO. The van der Waals surface area contributed by atoms with E-state index >= 15 is 0 Å². The summed E-state index contributed by atoms with van der Waals surface area (Å²) in [6, 6.07) is 15.8. The molecule has 11 rings (SSSR count). The molecule has 522 valence electrons. The molecule has 3 saturated heterocycles. The van der Waals surface area contributed by atoms with Crippen molar-refractivity contribution in [2.75, 3.05) is 52.5 Å². The van der Waals surface area contributed by atoms with Crippen LogP contribution < -0.4 is 26.8 Å². The summed E-state index contributed by atoms with van der Waals surface area (Å²) in [5.74, 6) is -0.256. The fourth-order valence-electron chi connectivity index (χ4n) is 14.3. The number of amides is 3. The van der Waals surface area contributed by atoms with Crippen LogP contribution >= 0.6 is 23.2 Å². The number of imide groups is 1. The lowest BCUT2D eigenvalue weighted by Gasteiger charge is -2.60. The summed E-state index contributed by atoms with van der Waals surface area (Å²) in [6.07, 6.45) is 8.98. The van der Waals surface area contributed by atoms with Crippen molar-refractivity contribution in [2.45, 2.75) is 166 Å². The Bertz CT molecular complexity index is 3360. The number of cyclic esters (lactones) is 1. The van der Waals surface area contributed by atoms with E-state index in [4.69, 9.17) is 73.4 Å². The van der Waals surface area contributed by atoms with E-state index in [-0.39, 0.29) is 83.3 Å². The van der Waals surface area contributed by atoms with Gasteiger partial charge >= 0.3 is 6.09 Å². The van der Waals surface area contributed by atoms with Gasteiger partial charge in [0, 0.05) is 62.1 Å². The number of aliphatic hydroxyl groups is 6. The molecule has 1 aromatic heterocycles. The lowest BCUT2D eigenvalue weighted by atomic mass is 9.45. The minimum absolute atomic E-state index is 0.0697. The standard InChI is InChI=1S/C21H30O5.C16H24O5.C12H9Cl2NO3.C12H13N3O2.C4H11N5.C2H6O2/c1-19-7-5-13(23)9-12(19)3-4-14-15-6-8-21(26,17(25)11-22)20(15,2)10-16(24)18(14)19;1-10(2)5-6-12-14(3,21-12)16(18)13(19-4)11(17)7-8-15(16)9-20-15;1-3-12(2)10(16)15(11(17)18-12)9-5-7(13)4-8(14)6-9;1-9-7-11(15-17-9)12(16)14-13-8-10-5-3-2-4-6-10;1-9(2)4(7)8-3(5)6;3-1-2-4/h9,14-16,18,22,24,26H,3-8,10-11H2,1-2H3;5,12-13,18H,6-9H2,1-4H3;3-6H,1H2,2H3;2-7,13H,8H2,1H3,(H,14,16);1-2H3,(H5,5,6,7,8);3-4H,1-2H2/t14-,15-,16-,18+,19-,20-,21-;12-,13-,14-,15+,16+;;;;/m01..../s1. The molecule has 4 heterocycles. The number of ether oxygens (including phenoxy) is 4. The van der Waals surface area contributed by atoms with Crippen molar-refractivity contribution in [3.8, 4) is 0 Å². The average Bonchev–Trinajstić information content (AvgIpc) is 1.52. The molecule has 0 radical (unpaired) electrons. The number of allylic oxidation sites excluding steroid dienone is 2. The number of hydrazine groups is 1. The molecular weight excluding hydrogens is 1270 g/mol. The fourth-order valence-corrected chi connectivity index (χ4v) is 14.8. The second-order valence-corrected chi connectivity index (χ2v) is 27.1. The van der Waals surface area contributed by atoms with Crippen LogP contribution in [0.4, 0.5) is 10.5 Å². The Morgan fingerprint density at radius 3 is 2.09 bits per heavy atom. The van der Waals surface area contributed by atoms with Gasteiger partial charge in [0.25, 0.3) is 11.8 Å². The highest BCUT2D eigenvalue weighted by molar-refractivity contribution is 6.35. The number of carbonyl (C=O) groups excluding carboxylic acids is 6. The van der Waals surface area contributed by atoms with Gasteiger partial charge in [0.05, 0.1) is 37.7 Å². The molecular formula is C67H93Cl2N9O17. The van der Waals surface area contributed by atoms with Gasteiger partial charge in [-0.15, -0.1) is 0 Å². The predicted molar refractivity (Wildman–Crippen MR) is 353 cm³/mol. The van der Waals surface area contributed by atoms with E-state index in [9.17, 15) is 49.2 Å². The van der Waals surface area contributed by atoms with Gasteiger partial charge in [-0.1, -0.05) is 96.3 Å². The third kappa shape index (κ3) is 16.6. The molecule has 8 aliphatic rings. The monoisotopic (exact) mass is 1370 g/mol. The van der Waals surface area contributed by atoms with Gasteiger partial charge in [0.15, 0.2) is 40.6 Å². The molecule has 4 saturated carbocycles. The van der Waals surface area contributed by atoms with Crippen LogP contribution in [0.1, 0.15) is 128 Å². The number of hydrogen-bond acceptors (Lipinski definition) is 21.